The SMILES string of the molecule is CC(C(=O)O)N1CCC(C)(CN)C1. The molecular formula is C9H18N2O2. The third kappa shape index (κ3) is 2.19. The molecule has 0 saturated carbocycles. The van der Waals surface area contributed by atoms with Crippen LogP contribution in [0, 0.1) is 5.41 Å². The first-order valence-corrected chi connectivity index (χ1v) is 4.65. The Labute approximate surface area is 78.7 Å². The topological polar surface area (TPSA) is 66.6 Å². The van der Waals surface area contributed by atoms with E-state index in [9.17, 15) is 4.79 Å². The highest BCUT2D eigenvalue weighted by molar-refractivity contribution is 5.72. The van der Waals surface area contributed by atoms with Gasteiger partial charge in [-0.3, -0.25) is 9.69 Å². The van der Waals surface area contributed by atoms with Crippen LogP contribution < -0.4 is 5.73 Å². The molecule has 2 atom stereocenters. The van der Waals surface area contributed by atoms with Crippen molar-refractivity contribution < 1.29 is 9.90 Å². The number of carboxylic acid groups (broad SMARTS) is 1. The molecule has 0 aromatic heterocycles. The standard InChI is InChI=1S/C9H18N2O2/c1-7(8(12)13)11-4-3-9(2,5-10)6-11/h7H,3-6,10H2,1-2H3,(H,12,13). The second kappa shape index (κ2) is 3.64. The highest BCUT2D eigenvalue weighted by atomic mass is 16.4. The van der Waals surface area contributed by atoms with Crippen molar-refractivity contribution in [2.45, 2.75) is 26.3 Å². The summed E-state index contributed by atoms with van der Waals surface area (Å²) in [5.41, 5.74) is 5.75. The van der Waals surface area contributed by atoms with E-state index in [1.165, 1.54) is 0 Å². The van der Waals surface area contributed by atoms with E-state index in [0.29, 0.717) is 6.54 Å². The predicted octanol–water partition coefficient (Wildman–Crippen LogP) is 0.130. The first kappa shape index (κ1) is 10.5. The zero-order valence-electron chi connectivity index (χ0n) is 8.29. The highest BCUT2D eigenvalue weighted by Crippen LogP contribution is 2.29. The zero-order valence-corrected chi connectivity index (χ0v) is 8.29. The van der Waals surface area contributed by atoms with Crippen molar-refractivity contribution in [3.05, 3.63) is 0 Å². The van der Waals surface area contributed by atoms with Gasteiger partial charge in [-0.2, -0.15) is 0 Å². The molecule has 0 aromatic carbocycles. The van der Waals surface area contributed by atoms with Gasteiger partial charge in [0.1, 0.15) is 6.04 Å². The number of hydrogen-bond acceptors (Lipinski definition) is 3. The lowest BCUT2D eigenvalue weighted by Gasteiger charge is -2.24. The molecule has 0 aromatic rings. The summed E-state index contributed by atoms with van der Waals surface area (Å²) in [6, 6.07) is -0.381. The van der Waals surface area contributed by atoms with Gasteiger partial charge in [0.25, 0.3) is 0 Å². The third-order valence-electron chi connectivity index (χ3n) is 2.99. The molecule has 1 fully saturated rings. The summed E-state index contributed by atoms with van der Waals surface area (Å²) in [6.45, 7) is 6.13. The second-order valence-electron chi connectivity index (χ2n) is 4.25. The fourth-order valence-electron chi connectivity index (χ4n) is 1.72. The summed E-state index contributed by atoms with van der Waals surface area (Å²) in [5.74, 6) is -0.749. The largest absolute Gasteiger partial charge is 0.480 e. The van der Waals surface area contributed by atoms with Crippen molar-refractivity contribution >= 4 is 5.97 Å². The van der Waals surface area contributed by atoms with Gasteiger partial charge in [-0.05, 0) is 31.8 Å². The first-order chi connectivity index (χ1) is 5.98. The average Bonchev–Trinajstić information content (AvgIpc) is 2.47. The molecule has 3 N–H and O–H groups in total. The van der Waals surface area contributed by atoms with E-state index in [2.05, 4.69) is 6.92 Å². The number of nitrogens with zero attached hydrogens (tertiary/aromatic N) is 1. The zero-order chi connectivity index (χ0) is 10.1. The summed E-state index contributed by atoms with van der Waals surface area (Å²) in [5, 5.41) is 8.81. The van der Waals surface area contributed by atoms with Crippen LogP contribution in [0.25, 0.3) is 0 Å². The van der Waals surface area contributed by atoms with E-state index in [1.807, 2.05) is 4.90 Å². The molecule has 4 nitrogen and oxygen atoms in total. The number of carbonyl (C=O) groups is 1. The van der Waals surface area contributed by atoms with Gasteiger partial charge in [0.05, 0.1) is 0 Å². The molecule has 1 aliphatic heterocycles. The minimum atomic E-state index is -0.749. The molecule has 1 aliphatic rings. The summed E-state index contributed by atoms with van der Waals surface area (Å²) >= 11 is 0. The van der Waals surface area contributed by atoms with Crippen LogP contribution in [-0.4, -0.2) is 41.7 Å². The molecule has 76 valence electrons. The quantitative estimate of drug-likeness (QED) is 0.657. The molecule has 0 aliphatic carbocycles. The van der Waals surface area contributed by atoms with Crippen LogP contribution in [-0.2, 0) is 4.79 Å². The Kier molecular flexibility index (Phi) is 2.93. The minimum absolute atomic E-state index is 0.115. The fraction of sp³-hybridized carbons (Fsp3) is 0.889. The molecule has 13 heavy (non-hydrogen) atoms. The van der Waals surface area contributed by atoms with Gasteiger partial charge in [-0.15, -0.1) is 0 Å². The number of likely N-dealkylation sites (tertiary alicyclic amines) is 1. The normalized spacial score (nSPS) is 31.9. The van der Waals surface area contributed by atoms with Crippen molar-refractivity contribution in [1.82, 2.24) is 4.90 Å². The monoisotopic (exact) mass is 186 g/mol. The average molecular weight is 186 g/mol. The van der Waals surface area contributed by atoms with Gasteiger partial charge in [0, 0.05) is 6.54 Å². The van der Waals surface area contributed by atoms with E-state index >= 15 is 0 Å². The molecule has 1 heterocycles. The summed E-state index contributed by atoms with van der Waals surface area (Å²) < 4.78 is 0. The number of carboxylic acids is 1. The van der Waals surface area contributed by atoms with Gasteiger partial charge < -0.3 is 10.8 Å². The second-order valence-corrected chi connectivity index (χ2v) is 4.25. The Morgan fingerprint density at radius 2 is 2.38 bits per heavy atom. The van der Waals surface area contributed by atoms with Crippen LogP contribution in [0.4, 0.5) is 0 Å². The van der Waals surface area contributed by atoms with E-state index < -0.39 is 5.97 Å². The Morgan fingerprint density at radius 3 is 2.77 bits per heavy atom. The summed E-state index contributed by atoms with van der Waals surface area (Å²) in [6.07, 6.45) is 1.00. The molecule has 0 spiro atoms. The Bertz CT molecular complexity index is 208. The molecule has 0 amide bonds. The van der Waals surface area contributed by atoms with E-state index in [1.54, 1.807) is 6.92 Å². The van der Waals surface area contributed by atoms with Gasteiger partial charge in [0.2, 0.25) is 0 Å². The minimum Gasteiger partial charge on any atom is -0.480 e. The lowest BCUT2D eigenvalue weighted by Crippen LogP contribution is -2.39. The van der Waals surface area contributed by atoms with Crippen molar-refractivity contribution in [2.24, 2.45) is 11.1 Å². The lowest BCUT2D eigenvalue weighted by atomic mass is 9.90. The molecule has 2 unspecified atom stereocenters. The Morgan fingerprint density at radius 1 is 1.77 bits per heavy atom. The number of nitrogens with two attached hydrogens (primary N) is 1. The van der Waals surface area contributed by atoms with Crippen LogP contribution in [0.5, 0.6) is 0 Å². The summed E-state index contributed by atoms with van der Waals surface area (Å²) in [7, 11) is 0. The number of hydrogen-bond donors (Lipinski definition) is 2. The maximum Gasteiger partial charge on any atom is 0.320 e. The molecule has 4 heteroatoms. The van der Waals surface area contributed by atoms with Crippen LogP contribution >= 0.6 is 0 Å². The molecule has 1 saturated heterocycles. The summed E-state index contributed by atoms with van der Waals surface area (Å²) in [4.78, 5) is 12.7. The van der Waals surface area contributed by atoms with E-state index in [4.69, 9.17) is 10.8 Å². The molecule has 0 bridgehead atoms. The Balaban J connectivity index is 2.54. The molecule has 1 rings (SSSR count). The van der Waals surface area contributed by atoms with Crippen LogP contribution in [0.2, 0.25) is 0 Å². The van der Waals surface area contributed by atoms with Crippen molar-refractivity contribution in [2.75, 3.05) is 19.6 Å². The van der Waals surface area contributed by atoms with Crippen LogP contribution in [0.15, 0.2) is 0 Å². The van der Waals surface area contributed by atoms with Gasteiger partial charge >= 0.3 is 5.97 Å². The van der Waals surface area contributed by atoms with Crippen LogP contribution in [0.1, 0.15) is 20.3 Å². The molecular weight excluding hydrogens is 168 g/mol. The number of rotatable bonds is 3. The fourth-order valence-corrected chi connectivity index (χ4v) is 1.72. The first-order valence-electron chi connectivity index (χ1n) is 4.65. The van der Waals surface area contributed by atoms with E-state index in [-0.39, 0.29) is 11.5 Å². The van der Waals surface area contributed by atoms with Crippen molar-refractivity contribution in [1.29, 1.82) is 0 Å². The Hall–Kier alpha value is -0.610. The number of aliphatic carboxylic acids is 1. The third-order valence-corrected chi connectivity index (χ3v) is 2.99. The van der Waals surface area contributed by atoms with Gasteiger partial charge in [-0.25, -0.2) is 0 Å². The van der Waals surface area contributed by atoms with Gasteiger partial charge in [-0.1, -0.05) is 6.92 Å². The van der Waals surface area contributed by atoms with E-state index in [0.717, 1.165) is 19.5 Å². The predicted molar refractivity (Wildman–Crippen MR) is 50.4 cm³/mol. The van der Waals surface area contributed by atoms with Gasteiger partial charge in [0.15, 0.2) is 0 Å². The smallest absolute Gasteiger partial charge is 0.320 e. The van der Waals surface area contributed by atoms with Crippen LogP contribution in [0.3, 0.4) is 0 Å². The van der Waals surface area contributed by atoms with Crippen molar-refractivity contribution in [3.63, 3.8) is 0 Å². The highest BCUT2D eigenvalue weighted by Gasteiger charge is 2.36. The maximum absolute atomic E-state index is 10.7. The molecule has 0 radical (unpaired) electrons. The van der Waals surface area contributed by atoms with Crippen molar-refractivity contribution in [3.8, 4) is 0 Å². The maximum atomic E-state index is 10.7. The lowest BCUT2D eigenvalue weighted by molar-refractivity contribution is -0.142.